The second-order valence-corrected chi connectivity index (χ2v) is 4.94. The lowest BCUT2D eigenvalue weighted by Gasteiger charge is -2.04. The number of nitro groups is 1. The van der Waals surface area contributed by atoms with Crippen LogP contribution in [0.3, 0.4) is 0 Å². The summed E-state index contributed by atoms with van der Waals surface area (Å²) in [6.07, 6.45) is 0. The van der Waals surface area contributed by atoms with Crippen molar-refractivity contribution >= 4 is 11.4 Å². The fraction of sp³-hybridized carbons (Fsp3) is 0.188. The molecule has 0 spiro atoms. The summed E-state index contributed by atoms with van der Waals surface area (Å²) in [7, 11) is 0. The highest BCUT2D eigenvalue weighted by Crippen LogP contribution is 2.32. The predicted molar refractivity (Wildman–Crippen MR) is 82.7 cm³/mol. The minimum absolute atomic E-state index is 0.0498. The van der Waals surface area contributed by atoms with Crippen molar-refractivity contribution in [3.8, 4) is 11.5 Å². The molecule has 0 atom stereocenters. The molecule has 0 amide bonds. The molecule has 3 rings (SSSR count). The van der Waals surface area contributed by atoms with Gasteiger partial charge in [-0.1, -0.05) is 5.16 Å². The Morgan fingerprint density at radius 1 is 1.22 bits per heavy atom. The number of nitro benzene ring substituents is 1. The van der Waals surface area contributed by atoms with Gasteiger partial charge in [0.05, 0.1) is 10.6 Å². The molecule has 0 saturated carbocycles. The van der Waals surface area contributed by atoms with Crippen molar-refractivity contribution < 1.29 is 19.2 Å². The summed E-state index contributed by atoms with van der Waals surface area (Å²) in [6.45, 7) is 2.29. The zero-order chi connectivity index (χ0) is 16.2. The summed E-state index contributed by atoms with van der Waals surface area (Å²) in [5.74, 6) is 1.40. The van der Waals surface area contributed by atoms with Crippen LogP contribution in [0.15, 0.2) is 47.6 Å². The van der Waals surface area contributed by atoms with Gasteiger partial charge in [0, 0.05) is 17.7 Å². The van der Waals surface area contributed by atoms with Crippen LogP contribution in [0.2, 0.25) is 0 Å². The van der Waals surface area contributed by atoms with Gasteiger partial charge in [0.2, 0.25) is 6.79 Å². The van der Waals surface area contributed by atoms with E-state index in [4.69, 9.17) is 14.3 Å². The Balaban J connectivity index is 1.62. The molecule has 0 bridgehead atoms. The largest absolute Gasteiger partial charge is 0.454 e. The summed E-state index contributed by atoms with van der Waals surface area (Å²) in [6, 6.07) is 11.7. The first-order valence-electron chi connectivity index (χ1n) is 6.93. The Labute approximate surface area is 132 Å². The van der Waals surface area contributed by atoms with Crippen molar-refractivity contribution in [3.63, 3.8) is 0 Å². The third kappa shape index (κ3) is 3.39. The maximum atomic E-state index is 10.6. The molecule has 0 radical (unpaired) electrons. The van der Waals surface area contributed by atoms with E-state index in [1.165, 1.54) is 12.1 Å². The normalized spacial score (nSPS) is 13.0. The third-order valence-electron chi connectivity index (χ3n) is 3.37. The second kappa shape index (κ2) is 6.35. The summed E-state index contributed by atoms with van der Waals surface area (Å²) >= 11 is 0. The van der Waals surface area contributed by atoms with Crippen molar-refractivity contribution in [1.82, 2.24) is 0 Å². The Morgan fingerprint density at radius 2 is 1.96 bits per heavy atom. The molecular formula is C16H14N2O5. The number of benzene rings is 2. The molecule has 2 aromatic rings. The molecule has 1 heterocycles. The number of non-ortho nitro benzene ring substituents is 1. The van der Waals surface area contributed by atoms with Gasteiger partial charge in [-0.25, -0.2) is 0 Å². The van der Waals surface area contributed by atoms with Gasteiger partial charge in [0.15, 0.2) is 11.5 Å². The topological polar surface area (TPSA) is 83.2 Å². The summed E-state index contributed by atoms with van der Waals surface area (Å²) in [4.78, 5) is 15.5. The molecule has 0 aromatic heterocycles. The molecule has 1 aliphatic heterocycles. The van der Waals surface area contributed by atoms with Crippen LogP contribution in [-0.4, -0.2) is 17.4 Å². The van der Waals surface area contributed by atoms with Gasteiger partial charge >= 0.3 is 0 Å². The molecule has 1 aliphatic rings. The highest BCUT2D eigenvalue weighted by molar-refractivity contribution is 5.98. The minimum atomic E-state index is -0.438. The Kier molecular flexibility index (Phi) is 4.09. The Morgan fingerprint density at radius 3 is 2.70 bits per heavy atom. The number of ether oxygens (including phenoxy) is 2. The number of rotatable bonds is 5. The average Bonchev–Trinajstić information content (AvgIpc) is 3.02. The standard InChI is InChI=1S/C16H14N2O5/c1-11(13-4-7-15-16(8-13)22-10-21-15)17-23-9-12-2-5-14(6-3-12)18(19)20/h2-8H,9-10H2,1H3/b17-11+. The lowest BCUT2D eigenvalue weighted by atomic mass is 10.1. The van der Waals surface area contributed by atoms with E-state index in [9.17, 15) is 10.1 Å². The van der Waals surface area contributed by atoms with Gasteiger partial charge in [-0.2, -0.15) is 0 Å². The first kappa shape index (κ1) is 14.8. The van der Waals surface area contributed by atoms with Crippen molar-refractivity contribution in [2.45, 2.75) is 13.5 Å². The molecule has 7 heteroatoms. The molecule has 0 N–H and O–H groups in total. The van der Waals surface area contributed by atoms with Gasteiger partial charge in [-0.05, 0) is 42.8 Å². The van der Waals surface area contributed by atoms with Gasteiger partial charge in [-0.3, -0.25) is 10.1 Å². The molecule has 2 aromatic carbocycles. The second-order valence-electron chi connectivity index (χ2n) is 4.94. The number of fused-ring (bicyclic) bond motifs is 1. The van der Waals surface area contributed by atoms with E-state index < -0.39 is 4.92 Å². The van der Waals surface area contributed by atoms with E-state index in [1.54, 1.807) is 12.1 Å². The summed E-state index contributed by atoms with van der Waals surface area (Å²) < 4.78 is 10.6. The maximum Gasteiger partial charge on any atom is 0.269 e. The summed E-state index contributed by atoms with van der Waals surface area (Å²) in [5.41, 5.74) is 2.43. The smallest absolute Gasteiger partial charge is 0.269 e. The van der Waals surface area contributed by atoms with E-state index in [0.717, 1.165) is 11.1 Å². The average molecular weight is 314 g/mol. The molecule has 0 aliphatic carbocycles. The van der Waals surface area contributed by atoms with E-state index >= 15 is 0 Å². The van der Waals surface area contributed by atoms with Crippen LogP contribution >= 0.6 is 0 Å². The molecule has 0 unspecified atom stereocenters. The van der Waals surface area contributed by atoms with E-state index in [-0.39, 0.29) is 19.1 Å². The third-order valence-corrected chi connectivity index (χ3v) is 3.37. The lowest BCUT2D eigenvalue weighted by Crippen LogP contribution is -1.97. The van der Waals surface area contributed by atoms with Crippen LogP contribution in [0.4, 0.5) is 5.69 Å². The van der Waals surface area contributed by atoms with Gasteiger partial charge in [0.25, 0.3) is 5.69 Å². The van der Waals surface area contributed by atoms with Crippen LogP contribution in [0.1, 0.15) is 18.1 Å². The van der Waals surface area contributed by atoms with Crippen molar-refractivity contribution in [1.29, 1.82) is 0 Å². The Bertz CT molecular complexity index is 756. The molecule has 7 nitrogen and oxygen atoms in total. The predicted octanol–water partition coefficient (Wildman–Crippen LogP) is 3.26. The summed E-state index contributed by atoms with van der Waals surface area (Å²) in [5, 5.41) is 14.6. The van der Waals surface area contributed by atoms with Crippen LogP contribution in [0.25, 0.3) is 0 Å². The van der Waals surface area contributed by atoms with Crippen molar-refractivity contribution in [3.05, 3.63) is 63.7 Å². The van der Waals surface area contributed by atoms with E-state index in [2.05, 4.69) is 5.16 Å². The highest BCUT2D eigenvalue weighted by atomic mass is 16.7. The monoisotopic (exact) mass is 314 g/mol. The molecule has 23 heavy (non-hydrogen) atoms. The lowest BCUT2D eigenvalue weighted by molar-refractivity contribution is -0.384. The van der Waals surface area contributed by atoms with E-state index in [0.29, 0.717) is 17.2 Å². The molecule has 0 saturated heterocycles. The quantitative estimate of drug-likeness (QED) is 0.480. The highest BCUT2D eigenvalue weighted by Gasteiger charge is 2.14. The first-order chi connectivity index (χ1) is 11.1. The molecule has 118 valence electrons. The molecular weight excluding hydrogens is 300 g/mol. The van der Waals surface area contributed by atoms with Crippen LogP contribution in [0, 0.1) is 10.1 Å². The van der Waals surface area contributed by atoms with Gasteiger partial charge < -0.3 is 14.3 Å². The fourth-order valence-electron chi connectivity index (χ4n) is 2.09. The maximum absolute atomic E-state index is 10.6. The number of hydrogen-bond donors (Lipinski definition) is 0. The van der Waals surface area contributed by atoms with Crippen LogP contribution in [0.5, 0.6) is 11.5 Å². The van der Waals surface area contributed by atoms with Gasteiger partial charge in [0.1, 0.15) is 6.61 Å². The van der Waals surface area contributed by atoms with Crippen LogP contribution in [-0.2, 0) is 11.4 Å². The SMILES string of the molecule is C/C(=N\OCc1ccc([N+](=O)[O-])cc1)c1ccc2c(c1)OCO2. The van der Waals surface area contributed by atoms with Gasteiger partial charge in [-0.15, -0.1) is 0 Å². The number of hydrogen-bond acceptors (Lipinski definition) is 6. The van der Waals surface area contributed by atoms with Crippen molar-refractivity contribution in [2.75, 3.05) is 6.79 Å². The van der Waals surface area contributed by atoms with Crippen molar-refractivity contribution in [2.24, 2.45) is 5.16 Å². The zero-order valence-electron chi connectivity index (χ0n) is 12.4. The Hall–Kier alpha value is -3.09. The van der Waals surface area contributed by atoms with Crippen LogP contribution < -0.4 is 9.47 Å². The van der Waals surface area contributed by atoms with E-state index in [1.807, 2.05) is 25.1 Å². The minimum Gasteiger partial charge on any atom is -0.454 e. The zero-order valence-corrected chi connectivity index (χ0v) is 12.4. The fourth-order valence-corrected chi connectivity index (χ4v) is 2.09. The molecule has 0 fully saturated rings. The number of nitrogens with zero attached hydrogens (tertiary/aromatic N) is 2. The number of oxime groups is 1. The first-order valence-corrected chi connectivity index (χ1v) is 6.93.